The molecule has 4 bridgehead atoms. The first kappa shape index (κ1) is 30.7. The van der Waals surface area contributed by atoms with Crippen molar-refractivity contribution in [1.82, 2.24) is 15.0 Å². The first-order valence-corrected chi connectivity index (χ1v) is 16.3. The fourth-order valence-electron chi connectivity index (χ4n) is 4.55. The van der Waals surface area contributed by atoms with E-state index in [0.717, 1.165) is 68.4 Å². The molecule has 3 aromatic heterocycles. The Balaban J connectivity index is 1.54. The molecule has 1 aromatic carbocycles. The summed E-state index contributed by atoms with van der Waals surface area (Å²) < 4.78 is 74.7. The second-order valence-electron chi connectivity index (χ2n) is 11.0. The van der Waals surface area contributed by atoms with Crippen LogP contribution in [0.3, 0.4) is 0 Å². The van der Waals surface area contributed by atoms with Gasteiger partial charge < -0.3 is 10.1 Å². The minimum Gasteiger partial charge on any atom is -0.469 e. The summed E-state index contributed by atoms with van der Waals surface area (Å²) in [5.74, 6) is 0.589. The van der Waals surface area contributed by atoms with Crippen LogP contribution >= 0.6 is 11.3 Å². The van der Waals surface area contributed by atoms with Gasteiger partial charge >= 0.3 is 6.18 Å². The van der Waals surface area contributed by atoms with Crippen LogP contribution in [0, 0.1) is 5.41 Å². The van der Waals surface area contributed by atoms with E-state index in [9.17, 15) is 21.6 Å². The molecule has 0 spiro atoms. The van der Waals surface area contributed by atoms with Gasteiger partial charge in [0.05, 0.1) is 21.7 Å². The highest BCUT2D eigenvalue weighted by molar-refractivity contribution is 7.92. The van der Waals surface area contributed by atoms with Gasteiger partial charge in [-0.3, -0.25) is 4.72 Å². The predicted molar refractivity (Wildman–Crippen MR) is 162 cm³/mol. The summed E-state index contributed by atoms with van der Waals surface area (Å²) in [4.78, 5) is 13.5. The normalized spacial score (nSPS) is 15.8. The first-order valence-electron chi connectivity index (χ1n) is 13.9. The quantitative estimate of drug-likeness (QED) is 0.239. The Hall–Kier alpha value is -3.71. The zero-order chi connectivity index (χ0) is 30.7. The molecule has 1 aliphatic rings. The van der Waals surface area contributed by atoms with Crippen LogP contribution in [-0.2, 0) is 16.4 Å². The first-order chi connectivity index (χ1) is 20.4. The fraction of sp³-hybridized carbons (Fsp3) is 0.367. The summed E-state index contributed by atoms with van der Waals surface area (Å²) in [6.07, 6.45) is 1.70. The van der Waals surface area contributed by atoms with E-state index in [4.69, 9.17) is 9.72 Å². The van der Waals surface area contributed by atoms with E-state index >= 15 is 0 Å². The molecule has 0 aliphatic carbocycles. The fourth-order valence-corrected chi connectivity index (χ4v) is 6.23. The SMILES string of the molecule is CC(C)(COc1nc(-c2ccc3nc2-c2ccccc2CCCCCCNc2cc(ccn2)S(=O)(=O)N3)cs1)C(F)(F)F. The molecule has 0 amide bonds. The van der Waals surface area contributed by atoms with Crippen LogP contribution in [-0.4, -0.2) is 42.7 Å². The van der Waals surface area contributed by atoms with Crippen molar-refractivity contribution in [3.8, 4) is 27.7 Å². The number of aromatic nitrogens is 3. The van der Waals surface area contributed by atoms with Crippen molar-refractivity contribution in [3.05, 3.63) is 65.7 Å². The maximum Gasteiger partial charge on any atom is 0.397 e. The van der Waals surface area contributed by atoms with Crippen molar-refractivity contribution >= 4 is 33.0 Å². The van der Waals surface area contributed by atoms with Gasteiger partial charge in [0.2, 0.25) is 0 Å². The Morgan fingerprint density at radius 3 is 2.56 bits per heavy atom. The summed E-state index contributed by atoms with van der Waals surface area (Å²) in [5.41, 5.74) is 1.40. The molecule has 4 aromatic rings. The van der Waals surface area contributed by atoms with Crippen LogP contribution in [0.4, 0.5) is 24.8 Å². The van der Waals surface area contributed by atoms with Crippen LogP contribution in [0.2, 0.25) is 0 Å². The number of ether oxygens (including phenoxy) is 1. The maximum atomic E-state index is 13.3. The number of nitrogens with one attached hydrogen (secondary N) is 2. The van der Waals surface area contributed by atoms with Crippen molar-refractivity contribution < 1.29 is 26.3 Å². The van der Waals surface area contributed by atoms with Gasteiger partial charge in [-0.2, -0.15) is 13.2 Å². The van der Waals surface area contributed by atoms with E-state index in [1.807, 2.05) is 24.3 Å². The number of pyridine rings is 2. The van der Waals surface area contributed by atoms with Crippen LogP contribution in [0.15, 0.2) is 65.0 Å². The van der Waals surface area contributed by atoms with Gasteiger partial charge in [-0.05, 0) is 56.9 Å². The molecule has 13 heteroatoms. The zero-order valence-electron chi connectivity index (χ0n) is 23.7. The number of anilines is 2. The molecule has 0 fully saturated rings. The van der Waals surface area contributed by atoms with Crippen molar-refractivity contribution in [2.24, 2.45) is 5.41 Å². The Morgan fingerprint density at radius 1 is 0.953 bits per heavy atom. The van der Waals surface area contributed by atoms with Crippen LogP contribution in [0.25, 0.3) is 22.5 Å². The zero-order valence-corrected chi connectivity index (χ0v) is 25.4. The summed E-state index contributed by atoms with van der Waals surface area (Å²) in [5, 5.41) is 5.00. The van der Waals surface area contributed by atoms with Crippen molar-refractivity contribution in [1.29, 1.82) is 0 Å². The van der Waals surface area contributed by atoms with Gasteiger partial charge in [0.15, 0.2) is 0 Å². The number of hydrogen-bond donors (Lipinski definition) is 2. The highest BCUT2D eigenvalue weighted by atomic mass is 32.2. The number of nitrogens with zero attached hydrogens (tertiary/aromatic N) is 3. The largest absolute Gasteiger partial charge is 0.469 e. The van der Waals surface area contributed by atoms with Crippen molar-refractivity contribution in [2.75, 3.05) is 23.2 Å². The molecule has 0 saturated carbocycles. The number of hydrogen-bond acceptors (Lipinski definition) is 8. The maximum absolute atomic E-state index is 13.3. The number of sulfonamides is 1. The average Bonchev–Trinajstić information content (AvgIpc) is 3.44. The number of halogens is 3. The Bertz CT molecular complexity index is 1690. The van der Waals surface area contributed by atoms with Gasteiger partial charge in [0.25, 0.3) is 15.2 Å². The third-order valence-corrected chi connectivity index (χ3v) is 9.31. The second-order valence-corrected chi connectivity index (χ2v) is 13.5. The standard InChI is InChI=1S/C30H32F3N5O3S2/c1-29(2,30(31,32)33)19-41-28-36-24(18-42-28)23-12-13-25-37-27(23)22-11-7-6-10-20(22)9-5-3-4-8-15-34-26-17-21(14-16-35-26)43(39,40)38-25/h6-7,10-14,16-18H,3-5,8-9,15,19H2,1-2H3,(H,34,35)(H,37,38). The van der Waals surface area contributed by atoms with E-state index in [2.05, 4.69) is 20.0 Å². The number of alkyl halides is 3. The van der Waals surface area contributed by atoms with E-state index in [1.54, 1.807) is 17.5 Å². The number of aryl methyl sites for hydroxylation is 1. The minimum atomic E-state index is -4.43. The van der Waals surface area contributed by atoms with Crippen molar-refractivity contribution in [3.63, 3.8) is 0 Å². The number of benzene rings is 1. The predicted octanol–water partition coefficient (Wildman–Crippen LogP) is 7.56. The molecule has 2 N–H and O–H groups in total. The summed E-state index contributed by atoms with van der Waals surface area (Å²) in [7, 11) is -3.99. The van der Waals surface area contributed by atoms with Gasteiger partial charge in [-0.1, -0.05) is 48.4 Å². The van der Waals surface area contributed by atoms with E-state index in [-0.39, 0.29) is 15.9 Å². The summed E-state index contributed by atoms with van der Waals surface area (Å²) >= 11 is 1.09. The van der Waals surface area contributed by atoms with E-state index in [0.29, 0.717) is 29.3 Å². The Labute approximate surface area is 252 Å². The Morgan fingerprint density at radius 2 is 1.74 bits per heavy atom. The molecule has 228 valence electrons. The van der Waals surface area contributed by atoms with Gasteiger partial charge in [-0.15, -0.1) is 0 Å². The van der Waals surface area contributed by atoms with Crippen LogP contribution < -0.4 is 14.8 Å². The average molecular weight is 632 g/mol. The molecule has 4 heterocycles. The van der Waals surface area contributed by atoms with Gasteiger partial charge in [0, 0.05) is 35.3 Å². The molecule has 8 nitrogen and oxygen atoms in total. The number of thiazole rings is 1. The molecule has 5 rings (SSSR count). The third kappa shape index (κ3) is 7.27. The lowest BCUT2D eigenvalue weighted by molar-refractivity contribution is -0.219. The van der Waals surface area contributed by atoms with Gasteiger partial charge in [-0.25, -0.2) is 23.4 Å². The van der Waals surface area contributed by atoms with Crippen molar-refractivity contribution in [2.45, 2.75) is 57.0 Å². The topological polar surface area (TPSA) is 106 Å². The lowest BCUT2D eigenvalue weighted by Gasteiger charge is -2.26. The highest BCUT2D eigenvalue weighted by Gasteiger charge is 2.48. The van der Waals surface area contributed by atoms with E-state index < -0.39 is 28.2 Å². The molecule has 0 unspecified atom stereocenters. The molecule has 0 atom stereocenters. The molecule has 43 heavy (non-hydrogen) atoms. The monoisotopic (exact) mass is 631 g/mol. The smallest absolute Gasteiger partial charge is 0.397 e. The van der Waals surface area contributed by atoms with Crippen LogP contribution in [0.1, 0.15) is 45.1 Å². The molecule has 0 radical (unpaired) electrons. The molecule has 1 aliphatic heterocycles. The Kier molecular flexibility index (Phi) is 8.93. The second kappa shape index (κ2) is 12.5. The highest BCUT2D eigenvalue weighted by Crippen LogP contribution is 2.40. The summed E-state index contributed by atoms with van der Waals surface area (Å²) in [6.45, 7) is 2.26. The lowest BCUT2D eigenvalue weighted by atomic mass is 9.94. The van der Waals surface area contributed by atoms with E-state index in [1.165, 1.54) is 18.3 Å². The minimum absolute atomic E-state index is 0.0465. The van der Waals surface area contributed by atoms with Gasteiger partial charge in [0.1, 0.15) is 18.2 Å². The molecular formula is C30H32F3N5O3S2. The van der Waals surface area contributed by atoms with Crippen LogP contribution in [0.5, 0.6) is 5.19 Å². The number of rotatable bonds is 4. The molecule has 0 saturated heterocycles. The lowest BCUT2D eigenvalue weighted by Crippen LogP contribution is -2.37. The summed E-state index contributed by atoms with van der Waals surface area (Å²) in [6, 6.07) is 14.0. The molecular weight excluding hydrogens is 599 g/mol. The third-order valence-electron chi connectivity index (χ3n) is 7.21. The number of fused-ring (bicyclic) bond motifs is 6.